The van der Waals surface area contributed by atoms with Crippen LogP contribution < -0.4 is 0 Å². The first-order valence-corrected chi connectivity index (χ1v) is 7.55. The lowest BCUT2D eigenvalue weighted by Crippen LogP contribution is -1.94. The first kappa shape index (κ1) is 14.8. The molecule has 4 aromatic rings. The van der Waals surface area contributed by atoms with Crippen molar-refractivity contribution < 1.29 is 8.91 Å². The zero-order valence-electron chi connectivity index (χ0n) is 12.6. The SMILES string of the molecule is Cn1nnc2ccc(-c3noc(Cc4c(F)cccc4Cl)n3)cc21. The standard InChI is InChI=1S/C16H11ClFN5O/c1-23-14-7-9(5-6-13(14)20-22-23)16-19-15(24-21-16)8-10-11(17)3-2-4-12(10)18/h2-7H,8H2,1H3. The van der Waals surface area contributed by atoms with E-state index in [0.29, 0.717) is 22.3 Å². The minimum atomic E-state index is -0.398. The van der Waals surface area contributed by atoms with Gasteiger partial charge in [-0.2, -0.15) is 4.98 Å². The summed E-state index contributed by atoms with van der Waals surface area (Å²) in [7, 11) is 1.81. The lowest BCUT2D eigenvalue weighted by molar-refractivity contribution is 0.384. The Bertz CT molecular complexity index is 1020. The first-order chi connectivity index (χ1) is 11.6. The number of aromatic nitrogens is 5. The van der Waals surface area contributed by atoms with Crippen LogP contribution in [0.5, 0.6) is 0 Å². The summed E-state index contributed by atoms with van der Waals surface area (Å²) in [5, 5.41) is 12.3. The van der Waals surface area contributed by atoms with E-state index in [0.717, 1.165) is 16.6 Å². The maximum atomic E-state index is 13.9. The number of hydrogen-bond donors (Lipinski definition) is 0. The predicted molar refractivity (Wildman–Crippen MR) is 86.0 cm³/mol. The minimum absolute atomic E-state index is 0.133. The van der Waals surface area contributed by atoms with Crippen LogP contribution in [0.4, 0.5) is 4.39 Å². The van der Waals surface area contributed by atoms with Crippen molar-refractivity contribution in [2.45, 2.75) is 6.42 Å². The van der Waals surface area contributed by atoms with Gasteiger partial charge in [0.25, 0.3) is 0 Å². The van der Waals surface area contributed by atoms with Crippen LogP contribution in [-0.4, -0.2) is 25.1 Å². The molecule has 0 amide bonds. The summed E-state index contributed by atoms with van der Waals surface area (Å²) in [5.41, 5.74) is 2.74. The molecule has 0 aliphatic carbocycles. The molecule has 0 saturated heterocycles. The summed E-state index contributed by atoms with van der Waals surface area (Å²) in [4.78, 5) is 4.33. The third-order valence-electron chi connectivity index (χ3n) is 3.73. The second-order valence-electron chi connectivity index (χ2n) is 5.31. The fourth-order valence-electron chi connectivity index (χ4n) is 2.47. The van der Waals surface area contributed by atoms with Gasteiger partial charge in [0.2, 0.25) is 11.7 Å². The van der Waals surface area contributed by atoms with Gasteiger partial charge >= 0.3 is 0 Å². The summed E-state index contributed by atoms with van der Waals surface area (Å²) in [6, 6.07) is 10.1. The van der Waals surface area contributed by atoms with E-state index in [4.69, 9.17) is 16.1 Å². The lowest BCUT2D eigenvalue weighted by Gasteiger charge is -2.01. The molecule has 2 heterocycles. The first-order valence-electron chi connectivity index (χ1n) is 7.17. The van der Waals surface area contributed by atoms with Crippen molar-refractivity contribution in [2.75, 3.05) is 0 Å². The van der Waals surface area contributed by atoms with E-state index in [1.54, 1.807) is 23.9 Å². The second-order valence-corrected chi connectivity index (χ2v) is 5.71. The molecule has 24 heavy (non-hydrogen) atoms. The number of fused-ring (bicyclic) bond motifs is 1. The van der Waals surface area contributed by atoms with E-state index in [9.17, 15) is 4.39 Å². The van der Waals surface area contributed by atoms with Crippen LogP contribution in [0.2, 0.25) is 5.02 Å². The zero-order valence-corrected chi connectivity index (χ0v) is 13.3. The van der Waals surface area contributed by atoms with Crippen molar-refractivity contribution in [1.82, 2.24) is 25.1 Å². The van der Waals surface area contributed by atoms with Crippen molar-refractivity contribution in [2.24, 2.45) is 7.05 Å². The Kier molecular flexibility index (Phi) is 3.50. The third kappa shape index (κ3) is 2.52. The maximum absolute atomic E-state index is 13.9. The topological polar surface area (TPSA) is 69.6 Å². The molecular formula is C16H11ClFN5O. The molecule has 4 rings (SSSR count). The summed E-state index contributed by atoms with van der Waals surface area (Å²) in [6.45, 7) is 0. The van der Waals surface area contributed by atoms with Crippen molar-refractivity contribution in [3.8, 4) is 11.4 Å². The molecule has 0 atom stereocenters. The highest BCUT2D eigenvalue weighted by Gasteiger charge is 2.15. The fourth-order valence-corrected chi connectivity index (χ4v) is 2.70. The Morgan fingerprint density at radius 2 is 2.12 bits per heavy atom. The van der Waals surface area contributed by atoms with Gasteiger partial charge < -0.3 is 4.52 Å². The molecule has 0 aliphatic rings. The molecule has 120 valence electrons. The highest BCUT2D eigenvalue weighted by atomic mass is 35.5. The van der Waals surface area contributed by atoms with Crippen molar-refractivity contribution in [3.05, 3.63) is 58.7 Å². The fraction of sp³-hybridized carbons (Fsp3) is 0.125. The monoisotopic (exact) mass is 343 g/mol. The number of nitrogens with zero attached hydrogens (tertiary/aromatic N) is 5. The highest BCUT2D eigenvalue weighted by molar-refractivity contribution is 6.31. The molecule has 0 radical (unpaired) electrons. The minimum Gasteiger partial charge on any atom is -0.339 e. The van der Waals surface area contributed by atoms with Crippen molar-refractivity contribution >= 4 is 22.6 Å². The van der Waals surface area contributed by atoms with Gasteiger partial charge in [-0.1, -0.05) is 28.0 Å². The second kappa shape index (κ2) is 5.68. The average Bonchev–Trinajstić information content (AvgIpc) is 3.18. The average molecular weight is 344 g/mol. The Morgan fingerprint density at radius 1 is 1.25 bits per heavy atom. The van der Waals surface area contributed by atoms with E-state index in [2.05, 4.69) is 20.5 Å². The Labute approximate surface area is 140 Å². The van der Waals surface area contributed by atoms with Gasteiger partial charge in [0.05, 0.1) is 11.9 Å². The van der Waals surface area contributed by atoms with Crippen LogP contribution in [0.25, 0.3) is 22.4 Å². The van der Waals surface area contributed by atoms with E-state index >= 15 is 0 Å². The lowest BCUT2D eigenvalue weighted by atomic mass is 10.1. The van der Waals surface area contributed by atoms with Crippen LogP contribution in [0, 0.1) is 5.82 Å². The van der Waals surface area contributed by atoms with Crippen LogP contribution in [0.3, 0.4) is 0 Å². The van der Waals surface area contributed by atoms with Gasteiger partial charge in [-0.25, -0.2) is 9.07 Å². The maximum Gasteiger partial charge on any atom is 0.231 e. The van der Waals surface area contributed by atoms with Gasteiger partial charge in [0, 0.05) is 23.2 Å². The largest absolute Gasteiger partial charge is 0.339 e. The van der Waals surface area contributed by atoms with Crippen LogP contribution >= 0.6 is 11.6 Å². The molecule has 0 fully saturated rings. The van der Waals surface area contributed by atoms with E-state index < -0.39 is 5.82 Å². The van der Waals surface area contributed by atoms with Crippen LogP contribution in [0.1, 0.15) is 11.5 Å². The van der Waals surface area contributed by atoms with E-state index in [1.165, 1.54) is 6.07 Å². The molecule has 0 bridgehead atoms. The number of aryl methyl sites for hydroxylation is 1. The molecule has 0 spiro atoms. The molecule has 2 aromatic carbocycles. The highest BCUT2D eigenvalue weighted by Crippen LogP contribution is 2.24. The summed E-state index contributed by atoms with van der Waals surface area (Å²) < 4.78 is 20.8. The number of rotatable bonds is 3. The molecule has 0 saturated carbocycles. The number of hydrogen-bond acceptors (Lipinski definition) is 5. The molecule has 0 unspecified atom stereocenters. The molecule has 2 aromatic heterocycles. The smallest absolute Gasteiger partial charge is 0.231 e. The van der Waals surface area contributed by atoms with Crippen LogP contribution in [0.15, 0.2) is 40.9 Å². The summed E-state index contributed by atoms with van der Waals surface area (Å²) in [6.07, 6.45) is 0.133. The molecule has 0 N–H and O–H groups in total. The van der Waals surface area contributed by atoms with E-state index in [1.807, 2.05) is 18.2 Å². The Morgan fingerprint density at radius 3 is 2.96 bits per heavy atom. The summed E-state index contributed by atoms with van der Waals surface area (Å²) >= 11 is 6.03. The van der Waals surface area contributed by atoms with E-state index in [-0.39, 0.29) is 6.42 Å². The predicted octanol–water partition coefficient (Wildman–Crippen LogP) is 3.40. The normalized spacial score (nSPS) is 11.3. The molecule has 0 aliphatic heterocycles. The Hall–Kier alpha value is -2.80. The molecule has 8 heteroatoms. The third-order valence-corrected chi connectivity index (χ3v) is 4.08. The van der Waals surface area contributed by atoms with Gasteiger partial charge in [-0.05, 0) is 30.3 Å². The van der Waals surface area contributed by atoms with Crippen molar-refractivity contribution in [1.29, 1.82) is 0 Å². The van der Waals surface area contributed by atoms with Crippen LogP contribution in [-0.2, 0) is 13.5 Å². The number of benzene rings is 2. The number of halogens is 2. The Balaban J connectivity index is 1.67. The van der Waals surface area contributed by atoms with Crippen molar-refractivity contribution in [3.63, 3.8) is 0 Å². The quantitative estimate of drug-likeness (QED) is 0.570. The summed E-state index contributed by atoms with van der Waals surface area (Å²) in [5.74, 6) is 0.311. The molecule has 6 nitrogen and oxygen atoms in total. The molecular weight excluding hydrogens is 333 g/mol. The van der Waals surface area contributed by atoms with Gasteiger partial charge in [-0.3, -0.25) is 0 Å². The van der Waals surface area contributed by atoms with Gasteiger partial charge in [0.1, 0.15) is 11.3 Å². The van der Waals surface area contributed by atoms with Gasteiger partial charge in [-0.15, -0.1) is 5.10 Å². The zero-order chi connectivity index (χ0) is 16.7. The van der Waals surface area contributed by atoms with Gasteiger partial charge in [0.15, 0.2) is 0 Å².